The summed E-state index contributed by atoms with van der Waals surface area (Å²) in [5.74, 6) is 2.40. The average Bonchev–Trinajstić information content (AvgIpc) is 3.18. The highest BCUT2D eigenvalue weighted by Gasteiger charge is 2.50. The maximum Gasteiger partial charge on any atom is 0.261 e. The van der Waals surface area contributed by atoms with Gasteiger partial charge in [0.25, 0.3) is 8.32 Å². The first-order valence-corrected chi connectivity index (χ1v) is 21.0. The van der Waals surface area contributed by atoms with Crippen molar-refractivity contribution < 1.29 is 56.5 Å². The highest BCUT2D eigenvalue weighted by molar-refractivity contribution is 6.99. The molecule has 306 valence electrons. The van der Waals surface area contributed by atoms with E-state index in [0.29, 0.717) is 152 Å². The van der Waals surface area contributed by atoms with Crippen molar-refractivity contribution in [2.24, 2.45) is 0 Å². The van der Waals surface area contributed by atoms with Gasteiger partial charge in [-0.1, -0.05) is 87.4 Å². The Morgan fingerprint density at radius 3 is 0.870 bits per heavy atom. The molecule has 54 heavy (non-hydrogen) atoms. The van der Waals surface area contributed by atoms with E-state index in [1.165, 1.54) is 10.4 Å². The first-order valence-electron chi connectivity index (χ1n) is 19.1. The van der Waals surface area contributed by atoms with E-state index in [2.05, 4.69) is 87.4 Å². The summed E-state index contributed by atoms with van der Waals surface area (Å²) in [7, 11) is -2.54. The Hall–Kier alpha value is -2.26. The van der Waals surface area contributed by atoms with Gasteiger partial charge in [-0.05, 0) is 15.4 Å². The summed E-state index contributed by atoms with van der Waals surface area (Å²) < 4.78 is 67.3. The maximum absolute atomic E-state index is 6.85. The fourth-order valence-corrected chi connectivity index (χ4v) is 9.89. The van der Waals surface area contributed by atoms with E-state index in [0.717, 1.165) is 0 Å². The summed E-state index contributed by atoms with van der Waals surface area (Å²) in [5.41, 5.74) is 0. The molecule has 12 nitrogen and oxygen atoms in total. The Labute approximate surface area is 325 Å². The van der Waals surface area contributed by atoms with Crippen LogP contribution < -0.4 is 10.4 Å². The maximum atomic E-state index is 6.85. The number of hydrogen-bond acceptors (Lipinski definition) is 12. The molecule has 0 bridgehead atoms. The molecule has 13 heteroatoms. The first-order chi connectivity index (χ1) is 26.5. The van der Waals surface area contributed by atoms with E-state index in [1.54, 1.807) is 0 Å². The lowest BCUT2D eigenvalue weighted by molar-refractivity contribution is -0.0275. The standard InChI is InChI=1S/C41H66O12Si/c1-5-16-42-17-18-43-19-20-44-21-22-45-23-24-46-25-26-47-27-28-48-29-30-49-31-32-50-33-34-51-35-36-52-37-38-53-54(41(2,3)4,39-12-8-6-9-13-39)40-14-10-7-11-15-40/h1,6-15H,16-38H2,2-4H3. The summed E-state index contributed by atoms with van der Waals surface area (Å²) in [4.78, 5) is 0. The molecular formula is C41H66O12Si. The number of benzene rings is 2. The van der Waals surface area contributed by atoms with E-state index in [9.17, 15) is 0 Å². The molecular weight excluding hydrogens is 713 g/mol. The second-order valence-electron chi connectivity index (χ2n) is 12.9. The van der Waals surface area contributed by atoms with Gasteiger partial charge >= 0.3 is 0 Å². The largest absolute Gasteiger partial charge is 0.405 e. The topological polar surface area (TPSA) is 111 Å². The molecule has 2 rings (SSSR count). The van der Waals surface area contributed by atoms with Crippen LogP contribution in [0.15, 0.2) is 60.7 Å². The quantitative estimate of drug-likeness (QED) is 0.0570. The smallest absolute Gasteiger partial charge is 0.261 e. The SMILES string of the molecule is C#CCOCCOCCOCCOCCOCCOCCOCCOCCOCCOCCOCCO[Si](c1ccccc1)(c1ccccc1)C(C)(C)C. The third kappa shape index (κ3) is 22.3. The van der Waals surface area contributed by atoms with Crippen LogP contribution >= 0.6 is 0 Å². The molecule has 2 aromatic rings. The van der Waals surface area contributed by atoms with Crippen LogP contribution in [0, 0.1) is 12.3 Å². The molecule has 0 aliphatic rings. The minimum Gasteiger partial charge on any atom is -0.405 e. The van der Waals surface area contributed by atoms with Crippen LogP contribution in [0.25, 0.3) is 0 Å². The molecule has 0 spiro atoms. The molecule has 0 aliphatic carbocycles. The van der Waals surface area contributed by atoms with Crippen molar-refractivity contribution in [3.05, 3.63) is 60.7 Å². The Balaban J connectivity index is 1.30. The predicted octanol–water partition coefficient (Wildman–Crippen LogP) is 3.38. The fourth-order valence-electron chi connectivity index (χ4n) is 5.35. The summed E-state index contributed by atoms with van der Waals surface area (Å²) in [6, 6.07) is 21.3. The van der Waals surface area contributed by atoms with Crippen LogP contribution in [0.4, 0.5) is 0 Å². The van der Waals surface area contributed by atoms with Gasteiger partial charge in [0.05, 0.1) is 145 Å². The lowest BCUT2D eigenvalue weighted by atomic mass is 10.2. The Kier molecular flexibility index (Phi) is 29.2. The van der Waals surface area contributed by atoms with Gasteiger partial charge in [-0.15, -0.1) is 6.42 Å². The van der Waals surface area contributed by atoms with Gasteiger partial charge in [0.15, 0.2) is 0 Å². The van der Waals surface area contributed by atoms with E-state index in [1.807, 2.05) is 0 Å². The fraction of sp³-hybridized carbons (Fsp3) is 0.659. The predicted molar refractivity (Wildman–Crippen MR) is 211 cm³/mol. The lowest BCUT2D eigenvalue weighted by Gasteiger charge is -2.43. The number of terminal acetylenes is 1. The molecule has 0 saturated carbocycles. The number of rotatable bonds is 37. The van der Waals surface area contributed by atoms with E-state index in [-0.39, 0.29) is 5.04 Å². The Bertz CT molecular complexity index is 1110. The van der Waals surface area contributed by atoms with Crippen LogP contribution in [0.2, 0.25) is 5.04 Å². The summed E-state index contributed by atoms with van der Waals surface area (Å²) >= 11 is 0. The average molecular weight is 779 g/mol. The van der Waals surface area contributed by atoms with E-state index in [4.69, 9.17) is 63.0 Å². The highest BCUT2D eigenvalue weighted by Crippen LogP contribution is 2.36. The molecule has 0 fully saturated rings. The third-order valence-corrected chi connectivity index (χ3v) is 12.9. The molecule has 0 amide bonds. The highest BCUT2D eigenvalue weighted by atomic mass is 28.4. The molecule has 2 aromatic carbocycles. The summed E-state index contributed by atoms with van der Waals surface area (Å²) in [6.45, 7) is 18.2. The van der Waals surface area contributed by atoms with Crippen molar-refractivity contribution in [1.82, 2.24) is 0 Å². The molecule has 0 unspecified atom stereocenters. The van der Waals surface area contributed by atoms with Crippen molar-refractivity contribution in [3.8, 4) is 12.3 Å². The number of hydrogen-bond donors (Lipinski definition) is 0. The van der Waals surface area contributed by atoms with Crippen molar-refractivity contribution in [2.45, 2.75) is 25.8 Å². The van der Waals surface area contributed by atoms with Gasteiger partial charge in [0.2, 0.25) is 0 Å². The van der Waals surface area contributed by atoms with Crippen LogP contribution in [0.1, 0.15) is 20.8 Å². The molecule has 0 saturated heterocycles. The van der Waals surface area contributed by atoms with Gasteiger partial charge in [-0.3, -0.25) is 0 Å². The van der Waals surface area contributed by atoms with Crippen LogP contribution in [-0.4, -0.2) is 160 Å². The second-order valence-corrected chi connectivity index (χ2v) is 17.2. The van der Waals surface area contributed by atoms with Gasteiger partial charge < -0.3 is 56.5 Å². The zero-order chi connectivity index (χ0) is 38.7. The lowest BCUT2D eigenvalue weighted by Crippen LogP contribution is -2.66. The minimum atomic E-state index is -2.54. The molecule has 0 N–H and O–H groups in total. The summed E-state index contributed by atoms with van der Waals surface area (Å²) in [5, 5.41) is 2.47. The molecule has 0 atom stereocenters. The van der Waals surface area contributed by atoms with Crippen molar-refractivity contribution >= 4 is 18.7 Å². The van der Waals surface area contributed by atoms with Crippen LogP contribution in [-0.2, 0) is 56.5 Å². The first kappa shape index (κ1) is 47.9. The second kappa shape index (κ2) is 32.9. The van der Waals surface area contributed by atoms with Crippen LogP contribution in [0.5, 0.6) is 0 Å². The van der Waals surface area contributed by atoms with Gasteiger partial charge in [-0.2, -0.15) is 0 Å². The monoisotopic (exact) mass is 778 g/mol. The van der Waals surface area contributed by atoms with Crippen molar-refractivity contribution in [1.29, 1.82) is 0 Å². The zero-order valence-electron chi connectivity index (χ0n) is 33.0. The molecule has 0 aromatic heterocycles. The molecule has 0 aliphatic heterocycles. The normalized spacial score (nSPS) is 12.0. The Morgan fingerprint density at radius 1 is 0.389 bits per heavy atom. The molecule has 0 radical (unpaired) electrons. The van der Waals surface area contributed by atoms with Gasteiger partial charge in [0.1, 0.15) is 6.61 Å². The van der Waals surface area contributed by atoms with Crippen LogP contribution in [0.3, 0.4) is 0 Å². The molecule has 0 heterocycles. The van der Waals surface area contributed by atoms with E-state index >= 15 is 0 Å². The Morgan fingerprint density at radius 2 is 0.630 bits per heavy atom. The van der Waals surface area contributed by atoms with E-state index < -0.39 is 8.32 Å². The van der Waals surface area contributed by atoms with Gasteiger partial charge in [-0.25, -0.2) is 0 Å². The third-order valence-electron chi connectivity index (χ3n) is 7.87. The summed E-state index contributed by atoms with van der Waals surface area (Å²) in [6.07, 6.45) is 5.09. The van der Waals surface area contributed by atoms with Gasteiger partial charge in [0, 0.05) is 0 Å². The van der Waals surface area contributed by atoms with Crippen molar-refractivity contribution in [2.75, 3.05) is 152 Å². The van der Waals surface area contributed by atoms with Crippen molar-refractivity contribution in [3.63, 3.8) is 0 Å². The number of ether oxygens (including phenoxy) is 11. The minimum absolute atomic E-state index is 0.0579. The zero-order valence-corrected chi connectivity index (χ0v) is 34.0.